The summed E-state index contributed by atoms with van der Waals surface area (Å²) >= 11 is 0. The van der Waals surface area contributed by atoms with E-state index in [0.29, 0.717) is 17.9 Å². The van der Waals surface area contributed by atoms with Gasteiger partial charge in [0.2, 0.25) is 5.91 Å². The predicted molar refractivity (Wildman–Crippen MR) is 86.0 cm³/mol. The molecule has 112 valence electrons. The molecule has 1 fully saturated rings. The number of hydrogen-bond acceptors (Lipinski definition) is 2. The summed E-state index contributed by atoms with van der Waals surface area (Å²) in [7, 11) is 1.92. The highest BCUT2D eigenvalue weighted by Gasteiger charge is 2.45. The summed E-state index contributed by atoms with van der Waals surface area (Å²) in [5.74, 6) is 0.212. The number of nitrogens with zero attached hydrogens (tertiary/aromatic N) is 1. The van der Waals surface area contributed by atoms with Gasteiger partial charge in [0.1, 0.15) is 0 Å². The largest absolute Gasteiger partial charge is 0.399 e. The van der Waals surface area contributed by atoms with Crippen molar-refractivity contribution in [3.63, 3.8) is 0 Å². The van der Waals surface area contributed by atoms with Crippen molar-refractivity contribution in [2.45, 2.75) is 45.6 Å². The molecule has 2 rings (SSSR count). The quantitative estimate of drug-likeness (QED) is 0.848. The van der Waals surface area contributed by atoms with Crippen LogP contribution < -0.4 is 5.73 Å². The first-order valence-electron chi connectivity index (χ1n) is 7.03. The molecule has 4 heteroatoms. The van der Waals surface area contributed by atoms with E-state index in [4.69, 9.17) is 5.73 Å². The average Bonchev–Trinajstić information content (AvgIpc) is 3.15. The summed E-state index contributed by atoms with van der Waals surface area (Å²) in [6, 6.07) is 8.09. The van der Waals surface area contributed by atoms with Crippen LogP contribution in [0.15, 0.2) is 24.3 Å². The molecule has 0 spiro atoms. The molecule has 0 saturated heterocycles. The molecule has 0 aromatic heterocycles. The SMILES string of the molecule is CC(N(C)C(=O)CCc1ccccc1N)C1(C)CC1.Cl. The molecule has 1 saturated carbocycles. The third-order valence-corrected chi connectivity index (χ3v) is 4.68. The Kier molecular flexibility index (Phi) is 5.46. The van der Waals surface area contributed by atoms with Gasteiger partial charge >= 0.3 is 0 Å². The molecule has 1 amide bonds. The molecule has 0 heterocycles. The molecule has 20 heavy (non-hydrogen) atoms. The minimum absolute atomic E-state index is 0. The molecule has 0 radical (unpaired) electrons. The lowest BCUT2D eigenvalue weighted by Crippen LogP contribution is -2.40. The number of amides is 1. The zero-order chi connectivity index (χ0) is 14.0. The number of para-hydroxylation sites is 1. The maximum Gasteiger partial charge on any atom is 0.222 e. The highest BCUT2D eigenvalue weighted by atomic mass is 35.5. The van der Waals surface area contributed by atoms with Gasteiger partial charge < -0.3 is 10.6 Å². The van der Waals surface area contributed by atoms with Crippen molar-refractivity contribution >= 4 is 24.0 Å². The fourth-order valence-electron chi connectivity index (χ4n) is 2.48. The fourth-order valence-corrected chi connectivity index (χ4v) is 2.48. The first kappa shape index (κ1) is 16.8. The number of nitrogens with two attached hydrogens (primary N) is 1. The van der Waals surface area contributed by atoms with Gasteiger partial charge in [0.15, 0.2) is 0 Å². The van der Waals surface area contributed by atoms with Crippen LogP contribution >= 0.6 is 12.4 Å². The number of carbonyl (C=O) groups excluding carboxylic acids is 1. The number of nitrogen functional groups attached to an aromatic ring is 1. The van der Waals surface area contributed by atoms with Gasteiger partial charge in [-0.2, -0.15) is 0 Å². The second-order valence-electron chi connectivity index (χ2n) is 6.03. The summed E-state index contributed by atoms with van der Waals surface area (Å²) in [6.45, 7) is 4.42. The number of hydrogen-bond donors (Lipinski definition) is 1. The number of rotatable bonds is 5. The Labute approximate surface area is 127 Å². The van der Waals surface area contributed by atoms with Crippen molar-refractivity contribution in [3.05, 3.63) is 29.8 Å². The van der Waals surface area contributed by atoms with Gasteiger partial charge in [0, 0.05) is 25.2 Å². The van der Waals surface area contributed by atoms with E-state index in [1.165, 1.54) is 12.8 Å². The lowest BCUT2D eigenvalue weighted by atomic mass is 9.99. The Morgan fingerprint density at radius 3 is 2.55 bits per heavy atom. The Morgan fingerprint density at radius 1 is 1.40 bits per heavy atom. The number of halogens is 1. The number of carbonyl (C=O) groups is 1. The van der Waals surface area contributed by atoms with Gasteiger partial charge in [-0.25, -0.2) is 0 Å². The molecule has 3 nitrogen and oxygen atoms in total. The maximum atomic E-state index is 12.2. The minimum atomic E-state index is 0. The van der Waals surface area contributed by atoms with E-state index in [-0.39, 0.29) is 18.3 Å². The van der Waals surface area contributed by atoms with Crippen LogP contribution in [0.5, 0.6) is 0 Å². The van der Waals surface area contributed by atoms with Crippen LogP contribution in [-0.4, -0.2) is 23.9 Å². The van der Waals surface area contributed by atoms with Crippen molar-refractivity contribution in [1.82, 2.24) is 4.90 Å². The van der Waals surface area contributed by atoms with Gasteiger partial charge in [-0.15, -0.1) is 12.4 Å². The van der Waals surface area contributed by atoms with E-state index in [0.717, 1.165) is 17.7 Å². The van der Waals surface area contributed by atoms with Gasteiger partial charge in [0.05, 0.1) is 0 Å². The summed E-state index contributed by atoms with van der Waals surface area (Å²) in [5.41, 5.74) is 8.08. The number of anilines is 1. The first-order valence-corrected chi connectivity index (χ1v) is 7.03. The second kappa shape index (κ2) is 6.49. The molecular formula is C16H25ClN2O. The Balaban J connectivity index is 0.00000200. The summed E-state index contributed by atoms with van der Waals surface area (Å²) in [5, 5.41) is 0. The van der Waals surface area contributed by atoms with Crippen molar-refractivity contribution in [2.75, 3.05) is 12.8 Å². The molecule has 1 aromatic rings. The average molecular weight is 297 g/mol. The number of benzene rings is 1. The summed E-state index contributed by atoms with van der Waals surface area (Å²) < 4.78 is 0. The van der Waals surface area contributed by atoms with Crippen molar-refractivity contribution in [2.24, 2.45) is 5.41 Å². The van der Waals surface area contributed by atoms with Crippen LogP contribution in [0.1, 0.15) is 38.7 Å². The van der Waals surface area contributed by atoms with E-state index in [1.54, 1.807) is 0 Å². The van der Waals surface area contributed by atoms with Crippen molar-refractivity contribution < 1.29 is 4.79 Å². The zero-order valence-electron chi connectivity index (χ0n) is 12.6. The topological polar surface area (TPSA) is 46.3 Å². The first-order chi connectivity index (χ1) is 8.94. The van der Waals surface area contributed by atoms with Crippen LogP contribution in [-0.2, 0) is 11.2 Å². The molecule has 2 N–H and O–H groups in total. The van der Waals surface area contributed by atoms with Gasteiger partial charge in [-0.1, -0.05) is 25.1 Å². The number of aryl methyl sites for hydroxylation is 1. The van der Waals surface area contributed by atoms with Gasteiger partial charge in [-0.05, 0) is 43.2 Å². The van der Waals surface area contributed by atoms with E-state index in [2.05, 4.69) is 13.8 Å². The molecule has 0 bridgehead atoms. The monoisotopic (exact) mass is 296 g/mol. The van der Waals surface area contributed by atoms with Gasteiger partial charge in [-0.3, -0.25) is 4.79 Å². The van der Waals surface area contributed by atoms with Crippen molar-refractivity contribution in [1.29, 1.82) is 0 Å². The van der Waals surface area contributed by atoms with E-state index in [1.807, 2.05) is 36.2 Å². The third-order valence-electron chi connectivity index (χ3n) is 4.68. The van der Waals surface area contributed by atoms with Crippen LogP contribution in [0, 0.1) is 5.41 Å². The molecule has 1 atom stereocenters. The van der Waals surface area contributed by atoms with Crippen LogP contribution in [0.3, 0.4) is 0 Å². The zero-order valence-corrected chi connectivity index (χ0v) is 13.4. The fraction of sp³-hybridized carbons (Fsp3) is 0.562. The maximum absolute atomic E-state index is 12.2. The van der Waals surface area contributed by atoms with Crippen LogP contribution in [0.25, 0.3) is 0 Å². The van der Waals surface area contributed by atoms with E-state index < -0.39 is 0 Å². The van der Waals surface area contributed by atoms with Crippen molar-refractivity contribution in [3.8, 4) is 0 Å². The molecule has 1 unspecified atom stereocenters. The normalized spacial score (nSPS) is 16.9. The third kappa shape index (κ3) is 3.66. The summed E-state index contributed by atoms with van der Waals surface area (Å²) in [4.78, 5) is 14.1. The predicted octanol–water partition coefficient (Wildman–Crippen LogP) is 3.27. The molecule has 0 aliphatic heterocycles. The lowest BCUT2D eigenvalue weighted by Gasteiger charge is -2.30. The standard InChI is InChI=1S/C16H24N2O.ClH/c1-12(16(2)10-11-16)18(3)15(19)9-8-13-6-4-5-7-14(13)17;/h4-7,12H,8-11,17H2,1-3H3;1H. The van der Waals surface area contributed by atoms with Crippen LogP contribution in [0.2, 0.25) is 0 Å². The minimum Gasteiger partial charge on any atom is -0.399 e. The Morgan fingerprint density at radius 2 is 2.00 bits per heavy atom. The Bertz CT molecular complexity index is 471. The van der Waals surface area contributed by atoms with E-state index >= 15 is 0 Å². The highest BCUT2D eigenvalue weighted by molar-refractivity contribution is 5.85. The van der Waals surface area contributed by atoms with Gasteiger partial charge in [0.25, 0.3) is 0 Å². The molecular weight excluding hydrogens is 272 g/mol. The molecule has 1 aliphatic rings. The smallest absolute Gasteiger partial charge is 0.222 e. The molecule has 1 aliphatic carbocycles. The second-order valence-corrected chi connectivity index (χ2v) is 6.03. The van der Waals surface area contributed by atoms with E-state index in [9.17, 15) is 4.79 Å². The summed E-state index contributed by atoms with van der Waals surface area (Å²) in [6.07, 6.45) is 3.72. The molecule has 1 aromatic carbocycles. The Hall–Kier alpha value is -1.22. The van der Waals surface area contributed by atoms with Crippen LogP contribution in [0.4, 0.5) is 5.69 Å². The highest BCUT2D eigenvalue weighted by Crippen LogP contribution is 2.49. The lowest BCUT2D eigenvalue weighted by molar-refractivity contribution is -0.132.